The average molecular weight is 248 g/mol. The molecule has 2 heteroatoms. The Morgan fingerprint density at radius 3 is 2.33 bits per heavy atom. The van der Waals surface area contributed by atoms with E-state index in [0.29, 0.717) is 6.10 Å². The van der Waals surface area contributed by atoms with E-state index in [-0.39, 0.29) is 6.61 Å². The molecule has 100 valence electrons. The van der Waals surface area contributed by atoms with Gasteiger partial charge in [0.2, 0.25) is 0 Å². The fourth-order valence-corrected chi connectivity index (χ4v) is 2.71. The van der Waals surface area contributed by atoms with Gasteiger partial charge in [-0.3, -0.25) is 0 Å². The number of aliphatic hydroxyl groups is 1. The number of aliphatic hydroxyl groups excluding tert-OH is 1. The van der Waals surface area contributed by atoms with Gasteiger partial charge < -0.3 is 9.84 Å². The molecular weight excluding hydrogens is 224 g/mol. The van der Waals surface area contributed by atoms with E-state index < -0.39 is 0 Å². The molecule has 0 radical (unpaired) electrons. The molecule has 0 heterocycles. The van der Waals surface area contributed by atoms with Gasteiger partial charge in [-0.2, -0.15) is 0 Å². The number of hydrogen-bond donors (Lipinski definition) is 1. The minimum atomic E-state index is 0.210. The highest BCUT2D eigenvalue weighted by Gasteiger charge is 2.20. The summed E-state index contributed by atoms with van der Waals surface area (Å²) in [5.41, 5.74) is 1.17. The summed E-state index contributed by atoms with van der Waals surface area (Å²) in [6.45, 7) is 2.49. The van der Waals surface area contributed by atoms with Crippen LogP contribution in [0.1, 0.15) is 44.6 Å². The lowest BCUT2D eigenvalue weighted by Gasteiger charge is -2.28. The first kappa shape index (κ1) is 13.4. The number of rotatable bonds is 5. The summed E-state index contributed by atoms with van der Waals surface area (Å²) in [5, 5.41) is 8.87. The van der Waals surface area contributed by atoms with Crippen LogP contribution in [0.2, 0.25) is 0 Å². The molecule has 0 saturated heterocycles. The molecule has 1 aliphatic carbocycles. The summed E-state index contributed by atoms with van der Waals surface area (Å²) in [5.74, 6) is 1.88. The van der Waals surface area contributed by atoms with Gasteiger partial charge in [0.1, 0.15) is 5.75 Å². The Morgan fingerprint density at radius 1 is 1.11 bits per heavy atom. The van der Waals surface area contributed by atoms with Crippen molar-refractivity contribution in [2.75, 3.05) is 6.61 Å². The van der Waals surface area contributed by atoms with Crippen molar-refractivity contribution in [3.63, 3.8) is 0 Å². The van der Waals surface area contributed by atoms with Crippen molar-refractivity contribution in [3.05, 3.63) is 29.8 Å². The standard InChI is InChI=1S/C16H24O2/c1-2-13-3-7-15(8-4-13)18-16-9-5-14(6-10-16)11-12-17/h5-6,9-10,13,15,17H,2-4,7-8,11-12H2,1H3. The van der Waals surface area contributed by atoms with E-state index in [4.69, 9.17) is 9.84 Å². The lowest BCUT2D eigenvalue weighted by Crippen LogP contribution is -2.23. The normalized spacial score (nSPS) is 23.9. The van der Waals surface area contributed by atoms with Gasteiger partial charge in [-0.1, -0.05) is 25.5 Å². The highest BCUT2D eigenvalue weighted by Crippen LogP contribution is 2.29. The SMILES string of the molecule is CCC1CCC(Oc2ccc(CCO)cc2)CC1. The Morgan fingerprint density at radius 2 is 1.78 bits per heavy atom. The van der Waals surface area contributed by atoms with Crippen LogP contribution in [0.3, 0.4) is 0 Å². The number of ether oxygens (including phenoxy) is 1. The predicted octanol–water partition coefficient (Wildman–Crippen LogP) is 3.57. The Labute approximate surface area is 110 Å². The van der Waals surface area contributed by atoms with E-state index in [9.17, 15) is 0 Å². The summed E-state index contributed by atoms with van der Waals surface area (Å²) in [6.07, 6.45) is 7.43. The van der Waals surface area contributed by atoms with Gasteiger partial charge in [-0.05, 0) is 55.7 Å². The van der Waals surface area contributed by atoms with Gasteiger partial charge >= 0.3 is 0 Å². The minimum Gasteiger partial charge on any atom is -0.490 e. The zero-order valence-corrected chi connectivity index (χ0v) is 11.3. The van der Waals surface area contributed by atoms with Crippen molar-refractivity contribution in [1.29, 1.82) is 0 Å². The van der Waals surface area contributed by atoms with Crippen molar-refractivity contribution in [3.8, 4) is 5.75 Å². The summed E-state index contributed by atoms with van der Waals surface area (Å²) in [4.78, 5) is 0. The topological polar surface area (TPSA) is 29.5 Å². The molecule has 0 atom stereocenters. The first-order valence-electron chi connectivity index (χ1n) is 7.18. The molecule has 1 fully saturated rings. The summed E-state index contributed by atoms with van der Waals surface area (Å²) < 4.78 is 6.02. The minimum absolute atomic E-state index is 0.210. The van der Waals surface area contributed by atoms with Crippen LogP contribution >= 0.6 is 0 Å². The molecule has 0 spiro atoms. The fraction of sp³-hybridized carbons (Fsp3) is 0.625. The van der Waals surface area contributed by atoms with E-state index in [1.54, 1.807) is 0 Å². The molecule has 0 aliphatic heterocycles. The zero-order valence-electron chi connectivity index (χ0n) is 11.3. The van der Waals surface area contributed by atoms with Crippen LogP contribution in [0.15, 0.2) is 24.3 Å². The van der Waals surface area contributed by atoms with E-state index in [1.165, 1.54) is 37.7 Å². The maximum absolute atomic E-state index is 8.87. The molecule has 1 aromatic rings. The van der Waals surface area contributed by atoms with Gasteiger partial charge in [-0.25, -0.2) is 0 Å². The van der Waals surface area contributed by atoms with Gasteiger partial charge in [0, 0.05) is 6.61 Å². The lowest BCUT2D eigenvalue weighted by atomic mass is 9.86. The van der Waals surface area contributed by atoms with Crippen LogP contribution in [0.5, 0.6) is 5.75 Å². The maximum atomic E-state index is 8.87. The summed E-state index contributed by atoms with van der Waals surface area (Å²) in [6, 6.07) is 8.14. The van der Waals surface area contributed by atoms with Crippen molar-refractivity contribution >= 4 is 0 Å². The second-order valence-corrected chi connectivity index (χ2v) is 5.29. The predicted molar refractivity (Wildman–Crippen MR) is 73.9 cm³/mol. The van der Waals surface area contributed by atoms with Crippen molar-refractivity contribution in [2.45, 2.75) is 51.6 Å². The zero-order chi connectivity index (χ0) is 12.8. The molecule has 18 heavy (non-hydrogen) atoms. The highest BCUT2D eigenvalue weighted by molar-refractivity contribution is 5.27. The largest absolute Gasteiger partial charge is 0.490 e. The molecule has 0 aromatic heterocycles. The van der Waals surface area contributed by atoms with Crippen LogP contribution < -0.4 is 4.74 Å². The van der Waals surface area contributed by atoms with E-state index in [1.807, 2.05) is 24.3 Å². The third kappa shape index (κ3) is 3.74. The number of hydrogen-bond acceptors (Lipinski definition) is 2. The van der Waals surface area contributed by atoms with E-state index in [0.717, 1.165) is 18.1 Å². The Bertz CT molecular complexity index is 337. The monoisotopic (exact) mass is 248 g/mol. The Kier molecular flexibility index (Phi) is 5.06. The van der Waals surface area contributed by atoms with Gasteiger partial charge in [0.25, 0.3) is 0 Å². The molecule has 2 rings (SSSR count). The van der Waals surface area contributed by atoms with E-state index in [2.05, 4.69) is 6.92 Å². The molecule has 0 bridgehead atoms. The molecule has 1 N–H and O–H groups in total. The number of benzene rings is 1. The van der Waals surface area contributed by atoms with E-state index >= 15 is 0 Å². The summed E-state index contributed by atoms with van der Waals surface area (Å²) in [7, 11) is 0. The highest BCUT2D eigenvalue weighted by atomic mass is 16.5. The molecule has 2 nitrogen and oxygen atoms in total. The third-order valence-electron chi connectivity index (χ3n) is 4.00. The smallest absolute Gasteiger partial charge is 0.119 e. The first-order chi connectivity index (χ1) is 8.81. The second kappa shape index (κ2) is 6.79. The average Bonchev–Trinajstić information content (AvgIpc) is 2.42. The third-order valence-corrected chi connectivity index (χ3v) is 4.00. The van der Waals surface area contributed by atoms with Crippen LogP contribution in [-0.2, 0) is 6.42 Å². The van der Waals surface area contributed by atoms with Crippen LogP contribution in [0.25, 0.3) is 0 Å². The van der Waals surface area contributed by atoms with Crippen LogP contribution in [-0.4, -0.2) is 17.8 Å². The molecular formula is C16H24O2. The molecule has 1 saturated carbocycles. The molecule has 1 aromatic carbocycles. The van der Waals surface area contributed by atoms with Gasteiger partial charge in [0.05, 0.1) is 6.10 Å². The molecule has 1 aliphatic rings. The second-order valence-electron chi connectivity index (χ2n) is 5.29. The molecule has 0 amide bonds. The Balaban J connectivity index is 1.82. The quantitative estimate of drug-likeness (QED) is 0.863. The van der Waals surface area contributed by atoms with Crippen molar-refractivity contribution < 1.29 is 9.84 Å². The lowest BCUT2D eigenvalue weighted by molar-refractivity contribution is 0.130. The van der Waals surface area contributed by atoms with Crippen molar-refractivity contribution in [2.24, 2.45) is 5.92 Å². The van der Waals surface area contributed by atoms with Gasteiger partial charge in [0.15, 0.2) is 0 Å². The summed E-state index contributed by atoms with van der Waals surface area (Å²) >= 11 is 0. The van der Waals surface area contributed by atoms with Crippen LogP contribution in [0, 0.1) is 5.92 Å². The Hall–Kier alpha value is -1.02. The van der Waals surface area contributed by atoms with Crippen molar-refractivity contribution in [1.82, 2.24) is 0 Å². The molecule has 0 unspecified atom stereocenters. The fourth-order valence-electron chi connectivity index (χ4n) is 2.71. The van der Waals surface area contributed by atoms with Gasteiger partial charge in [-0.15, -0.1) is 0 Å². The van der Waals surface area contributed by atoms with Crippen LogP contribution in [0.4, 0.5) is 0 Å². The maximum Gasteiger partial charge on any atom is 0.119 e. The first-order valence-corrected chi connectivity index (χ1v) is 7.18.